The maximum atomic E-state index is 13.5. The number of carbonyl (C=O) groups is 1. The first-order chi connectivity index (χ1) is 15.5. The Kier molecular flexibility index (Phi) is 5.71. The van der Waals surface area contributed by atoms with Crippen molar-refractivity contribution in [1.29, 1.82) is 0 Å². The molecule has 3 heterocycles. The fraction of sp³-hybridized carbons (Fsp3) is 0.273. The van der Waals surface area contributed by atoms with Gasteiger partial charge in [0.1, 0.15) is 12.0 Å². The average molecular weight is 473 g/mol. The molecule has 166 valence electrons. The van der Waals surface area contributed by atoms with Crippen LogP contribution in [0.2, 0.25) is 5.02 Å². The van der Waals surface area contributed by atoms with E-state index in [1.165, 1.54) is 29.5 Å². The first-order valence-electron chi connectivity index (χ1n) is 10.3. The molecule has 3 atom stereocenters. The number of fused-ring (bicyclic) bond motifs is 3. The molecular weight excluding hydrogens is 451 g/mol. The standard InChI is InChI=1S/C22H22ClFN6OS/c1-13-2-7-16(24)10-17(13)25-20(31)12-32-22-27-26-21-19-11-18(14-3-5-15(23)6-4-14)28-30(19)9-8-29(21)22/h2-10,18-19,21,26,28H,11-12H2,1H3,(H,25,31). The number of halogens is 2. The molecule has 0 aliphatic carbocycles. The highest BCUT2D eigenvalue weighted by Gasteiger charge is 2.44. The van der Waals surface area contributed by atoms with Gasteiger partial charge in [-0.3, -0.25) is 10.2 Å². The summed E-state index contributed by atoms with van der Waals surface area (Å²) in [4.78, 5) is 14.5. The Morgan fingerprint density at radius 2 is 2.09 bits per heavy atom. The number of nitrogens with zero attached hydrogens (tertiary/aromatic N) is 3. The summed E-state index contributed by atoms with van der Waals surface area (Å²) in [6.45, 7) is 1.83. The van der Waals surface area contributed by atoms with Gasteiger partial charge >= 0.3 is 0 Å². The minimum absolute atomic E-state index is 0.0270. The van der Waals surface area contributed by atoms with Crippen LogP contribution < -0.4 is 16.2 Å². The number of thioether (sulfide) groups is 1. The number of hydrazone groups is 1. The molecule has 5 rings (SSSR count). The summed E-state index contributed by atoms with van der Waals surface area (Å²) in [6.07, 6.45) is 4.82. The third-order valence-corrected chi connectivity index (χ3v) is 7.00. The van der Waals surface area contributed by atoms with Gasteiger partial charge in [-0.05, 0) is 48.7 Å². The lowest BCUT2D eigenvalue weighted by molar-refractivity contribution is -0.113. The van der Waals surface area contributed by atoms with Gasteiger partial charge < -0.3 is 15.2 Å². The van der Waals surface area contributed by atoms with Crippen LogP contribution in [0, 0.1) is 12.7 Å². The third-order valence-electron chi connectivity index (χ3n) is 5.78. The van der Waals surface area contributed by atoms with E-state index in [1.54, 1.807) is 6.07 Å². The van der Waals surface area contributed by atoms with Crippen LogP contribution in [0.1, 0.15) is 23.6 Å². The van der Waals surface area contributed by atoms with Gasteiger partial charge in [-0.15, -0.1) is 0 Å². The van der Waals surface area contributed by atoms with Crippen LogP contribution in [-0.4, -0.2) is 38.9 Å². The molecule has 2 aromatic carbocycles. The van der Waals surface area contributed by atoms with Crippen LogP contribution in [0.3, 0.4) is 0 Å². The number of hydrogen-bond donors (Lipinski definition) is 3. The van der Waals surface area contributed by atoms with E-state index in [0.29, 0.717) is 5.69 Å². The lowest BCUT2D eigenvalue weighted by Gasteiger charge is -2.36. The average Bonchev–Trinajstić information content (AvgIpc) is 3.39. The minimum atomic E-state index is -0.379. The molecule has 32 heavy (non-hydrogen) atoms. The third kappa shape index (κ3) is 4.15. The molecule has 1 saturated heterocycles. The SMILES string of the molecule is Cc1ccc(F)cc1NC(=O)CSC1=NNC2C3CC(c4ccc(Cl)cc4)NN3C=CN12. The first kappa shape index (κ1) is 21.1. The van der Waals surface area contributed by atoms with Crippen molar-refractivity contribution in [3.8, 4) is 0 Å². The van der Waals surface area contributed by atoms with E-state index >= 15 is 0 Å². The molecule has 2 aromatic rings. The lowest BCUT2D eigenvalue weighted by atomic mass is 10.00. The van der Waals surface area contributed by atoms with Crippen molar-refractivity contribution in [1.82, 2.24) is 20.8 Å². The van der Waals surface area contributed by atoms with Gasteiger partial charge in [0.2, 0.25) is 5.91 Å². The van der Waals surface area contributed by atoms with Gasteiger partial charge in [0.15, 0.2) is 5.17 Å². The number of amides is 1. The Morgan fingerprint density at radius 3 is 2.91 bits per heavy atom. The second-order valence-electron chi connectivity index (χ2n) is 7.91. The number of benzene rings is 2. The molecule has 3 N–H and O–H groups in total. The summed E-state index contributed by atoms with van der Waals surface area (Å²) >= 11 is 7.36. The van der Waals surface area contributed by atoms with Crippen LogP contribution >= 0.6 is 23.4 Å². The van der Waals surface area contributed by atoms with Crippen LogP contribution in [0.5, 0.6) is 0 Å². The predicted molar refractivity (Wildman–Crippen MR) is 125 cm³/mol. The van der Waals surface area contributed by atoms with E-state index in [2.05, 4.69) is 31.2 Å². The van der Waals surface area contributed by atoms with Gasteiger partial charge in [-0.25, -0.2) is 9.82 Å². The largest absolute Gasteiger partial charge is 0.325 e. The number of amidine groups is 1. The second kappa shape index (κ2) is 8.65. The molecule has 0 spiro atoms. The van der Waals surface area contributed by atoms with E-state index in [1.807, 2.05) is 43.6 Å². The van der Waals surface area contributed by atoms with E-state index in [4.69, 9.17) is 11.6 Å². The zero-order chi connectivity index (χ0) is 22.2. The molecule has 10 heteroatoms. The molecule has 0 bridgehead atoms. The number of aryl methyl sites for hydroxylation is 1. The van der Waals surface area contributed by atoms with Crippen molar-refractivity contribution in [2.24, 2.45) is 5.10 Å². The number of carbonyl (C=O) groups excluding carboxylic acids is 1. The fourth-order valence-corrected chi connectivity index (χ4v) is 5.01. The molecule has 3 aliphatic rings. The second-order valence-corrected chi connectivity index (χ2v) is 9.29. The topological polar surface area (TPSA) is 72.0 Å². The number of nitrogens with one attached hydrogen (secondary N) is 3. The molecule has 3 unspecified atom stereocenters. The number of anilines is 1. The Hall–Kier alpha value is -2.75. The van der Waals surface area contributed by atoms with Crippen LogP contribution in [-0.2, 0) is 4.79 Å². The van der Waals surface area contributed by atoms with Crippen molar-refractivity contribution >= 4 is 40.1 Å². The summed E-state index contributed by atoms with van der Waals surface area (Å²) in [7, 11) is 0. The Labute approximate surface area is 194 Å². The normalized spacial score (nSPS) is 23.5. The molecule has 0 saturated carbocycles. The Morgan fingerprint density at radius 1 is 1.28 bits per heavy atom. The summed E-state index contributed by atoms with van der Waals surface area (Å²) in [5, 5.41) is 10.8. The minimum Gasteiger partial charge on any atom is -0.325 e. The van der Waals surface area contributed by atoms with E-state index in [-0.39, 0.29) is 35.7 Å². The Bertz CT molecular complexity index is 1090. The smallest absolute Gasteiger partial charge is 0.234 e. The predicted octanol–water partition coefficient (Wildman–Crippen LogP) is 3.77. The van der Waals surface area contributed by atoms with Crippen molar-refractivity contribution in [3.63, 3.8) is 0 Å². The van der Waals surface area contributed by atoms with Gasteiger partial charge in [-0.2, -0.15) is 5.10 Å². The maximum absolute atomic E-state index is 13.5. The highest BCUT2D eigenvalue weighted by molar-refractivity contribution is 8.14. The van der Waals surface area contributed by atoms with Crippen molar-refractivity contribution in [3.05, 3.63) is 76.8 Å². The summed E-state index contributed by atoms with van der Waals surface area (Å²) in [6, 6.07) is 12.6. The highest BCUT2D eigenvalue weighted by Crippen LogP contribution is 2.35. The van der Waals surface area contributed by atoms with Crippen LogP contribution in [0.4, 0.5) is 10.1 Å². The summed E-state index contributed by atoms with van der Waals surface area (Å²) in [5.41, 5.74) is 9.22. The number of hydrazine groups is 1. The molecule has 1 fully saturated rings. The monoisotopic (exact) mass is 472 g/mol. The number of rotatable bonds is 4. The number of hydrogen-bond acceptors (Lipinski definition) is 7. The summed E-state index contributed by atoms with van der Waals surface area (Å²) in [5.74, 6) is -0.410. The fourth-order valence-electron chi connectivity index (χ4n) is 4.11. The quantitative estimate of drug-likeness (QED) is 0.629. The zero-order valence-corrected chi connectivity index (χ0v) is 18.8. The zero-order valence-electron chi connectivity index (χ0n) is 17.3. The maximum Gasteiger partial charge on any atom is 0.234 e. The van der Waals surface area contributed by atoms with Crippen molar-refractivity contribution in [2.45, 2.75) is 31.6 Å². The van der Waals surface area contributed by atoms with Gasteiger partial charge in [0.25, 0.3) is 0 Å². The Balaban J connectivity index is 1.19. The van der Waals surface area contributed by atoms with E-state index in [0.717, 1.165) is 22.2 Å². The van der Waals surface area contributed by atoms with Crippen LogP contribution in [0.25, 0.3) is 0 Å². The molecule has 0 aromatic heterocycles. The lowest BCUT2D eigenvalue weighted by Crippen LogP contribution is -2.54. The first-order valence-corrected chi connectivity index (χ1v) is 11.6. The van der Waals surface area contributed by atoms with E-state index in [9.17, 15) is 9.18 Å². The molecule has 1 amide bonds. The summed E-state index contributed by atoms with van der Waals surface area (Å²) < 4.78 is 13.5. The van der Waals surface area contributed by atoms with Gasteiger partial charge in [-0.1, -0.05) is 41.6 Å². The van der Waals surface area contributed by atoms with Crippen molar-refractivity contribution in [2.75, 3.05) is 11.1 Å². The van der Waals surface area contributed by atoms with Gasteiger partial charge in [0, 0.05) is 23.1 Å². The highest BCUT2D eigenvalue weighted by atomic mass is 35.5. The van der Waals surface area contributed by atoms with E-state index < -0.39 is 0 Å². The van der Waals surface area contributed by atoms with Crippen LogP contribution in [0.15, 0.2) is 60.0 Å². The molecular formula is C22H22ClFN6OS. The molecule has 0 radical (unpaired) electrons. The molecule has 7 nitrogen and oxygen atoms in total. The van der Waals surface area contributed by atoms with Crippen molar-refractivity contribution < 1.29 is 9.18 Å². The van der Waals surface area contributed by atoms with Gasteiger partial charge in [0.05, 0.1) is 17.8 Å². The molecule has 3 aliphatic heterocycles.